The van der Waals surface area contributed by atoms with E-state index in [-0.39, 0.29) is 25.5 Å². The van der Waals surface area contributed by atoms with E-state index in [1.807, 2.05) is 0 Å². The van der Waals surface area contributed by atoms with Crippen LogP contribution in [-0.4, -0.2) is 73.9 Å². The maximum atomic E-state index is 12.1. The molecule has 0 fully saturated rings. The van der Waals surface area contributed by atoms with E-state index in [0.717, 1.165) is 0 Å². The molecule has 0 aromatic heterocycles. The summed E-state index contributed by atoms with van der Waals surface area (Å²) >= 11 is 0. The van der Waals surface area contributed by atoms with Gasteiger partial charge in [0.1, 0.15) is 6.10 Å². The van der Waals surface area contributed by atoms with Crippen LogP contribution in [0.25, 0.3) is 0 Å². The number of hydrogen-bond acceptors (Lipinski definition) is 9. The number of rotatable bonds is 14. The summed E-state index contributed by atoms with van der Waals surface area (Å²) < 4.78 is 39.2. The van der Waals surface area contributed by atoms with Crippen molar-refractivity contribution in [3.63, 3.8) is 0 Å². The lowest BCUT2D eigenvalue weighted by Gasteiger charge is -2.44. The van der Waals surface area contributed by atoms with Gasteiger partial charge in [-0.3, -0.25) is 8.98 Å². The van der Waals surface area contributed by atoms with Crippen LogP contribution in [0.1, 0.15) is 54.4 Å². The number of ether oxygens (including phenoxy) is 2. The molecule has 0 radical (unpaired) electrons. The van der Waals surface area contributed by atoms with Crippen molar-refractivity contribution in [2.45, 2.75) is 66.1 Å². The molecule has 0 rings (SSSR count). The molecule has 0 heterocycles. The van der Waals surface area contributed by atoms with Crippen LogP contribution in [-0.2, 0) is 33.4 Å². The molecule has 1 amide bonds. The SMILES string of the molecule is CCCOC(=O)OC(C(C)C)[C@@](O)(C(=O)O)C(C)(C)COS(=O)(=O)CCCNC(C)=O. The maximum Gasteiger partial charge on any atom is 0.508 e. The molecule has 0 saturated heterocycles. The fraction of sp³-hybridized carbons (Fsp3) is 0.842. The molecular weight excluding hydrogens is 434 g/mol. The van der Waals surface area contributed by atoms with E-state index in [9.17, 15) is 33.0 Å². The van der Waals surface area contributed by atoms with Gasteiger partial charge >= 0.3 is 12.1 Å². The summed E-state index contributed by atoms with van der Waals surface area (Å²) in [4.78, 5) is 34.8. The van der Waals surface area contributed by atoms with Crippen LogP contribution in [0, 0.1) is 11.3 Å². The predicted octanol–water partition coefficient (Wildman–Crippen LogP) is 1.29. The van der Waals surface area contributed by atoms with Crippen molar-refractivity contribution in [3.8, 4) is 0 Å². The van der Waals surface area contributed by atoms with E-state index in [4.69, 9.17) is 13.7 Å². The van der Waals surface area contributed by atoms with Gasteiger partial charge in [-0.1, -0.05) is 34.6 Å². The lowest BCUT2D eigenvalue weighted by molar-refractivity contribution is -0.206. The zero-order valence-electron chi connectivity index (χ0n) is 19.0. The van der Waals surface area contributed by atoms with Gasteiger partial charge < -0.3 is 25.0 Å². The number of amides is 1. The third-order valence-electron chi connectivity index (χ3n) is 4.57. The fourth-order valence-corrected chi connectivity index (χ4v) is 3.83. The first kappa shape index (κ1) is 29.1. The van der Waals surface area contributed by atoms with Crippen LogP contribution in [0.5, 0.6) is 0 Å². The van der Waals surface area contributed by atoms with Gasteiger partial charge in [0.25, 0.3) is 10.1 Å². The van der Waals surface area contributed by atoms with Gasteiger partial charge in [-0.15, -0.1) is 0 Å². The monoisotopic (exact) mass is 469 g/mol. The van der Waals surface area contributed by atoms with Crippen molar-refractivity contribution >= 4 is 28.1 Å². The highest BCUT2D eigenvalue weighted by Crippen LogP contribution is 2.39. The van der Waals surface area contributed by atoms with Gasteiger partial charge in [0.05, 0.1) is 19.0 Å². The number of carbonyl (C=O) groups is 3. The Morgan fingerprint density at radius 2 is 1.74 bits per heavy atom. The van der Waals surface area contributed by atoms with Gasteiger partial charge in [0.15, 0.2) is 0 Å². The molecule has 1 unspecified atom stereocenters. The Morgan fingerprint density at radius 1 is 1.16 bits per heavy atom. The molecule has 31 heavy (non-hydrogen) atoms. The summed E-state index contributed by atoms with van der Waals surface area (Å²) in [5.74, 6) is -3.07. The first-order chi connectivity index (χ1) is 14.1. The largest absolute Gasteiger partial charge is 0.508 e. The summed E-state index contributed by atoms with van der Waals surface area (Å²) in [6.45, 7) is 8.23. The molecule has 12 heteroatoms. The van der Waals surface area contributed by atoms with Gasteiger partial charge in [0, 0.05) is 18.9 Å². The molecule has 2 atom stereocenters. The third kappa shape index (κ3) is 8.99. The van der Waals surface area contributed by atoms with E-state index in [1.165, 1.54) is 20.8 Å². The van der Waals surface area contributed by atoms with Crippen molar-refractivity contribution in [2.24, 2.45) is 11.3 Å². The smallest absolute Gasteiger partial charge is 0.479 e. The minimum absolute atomic E-state index is 0.0540. The summed E-state index contributed by atoms with van der Waals surface area (Å²) in [6.07, 6.45) is -2.07. The van der Waals surface area contributed by atoms with Crippen LogP contribution < -0.4 is 5.32 Å². The zero-order chi connectivity index (χ0) is 24.5. The number of aliphatic hydroxyl groups is 1. The van der Waals surface area contributed by atoms with E-state index in [0.29, 0.717) is 6.42 Å². The summed E-state index contributed by atoms with van der Waals surface area (Å²) in [6, 6.07) is 0. The van der Waals surface area contributed by atoms with Crippen LogP contribution in [0.4, 0.5) is 4.79 Å². The maximum absolute atomic E-state index is 12.1. The average molecular weight is 470 g/mol. The van der Waals surface area contributed by atoms with Crippen molar-refractivity contribution in [1.82, 2.24) is 5.32 Å². The second-order valence-corrected chi connectivity index (χ2v) is 9.96. The third-order valence-corrected chi connectivity index (χ3v) is 5.83. The topological polar surface area (TPSA) is 166 Å². The minimum atomic E-state index is -4.07. The summed E-state index contributed by atoms with van der Waals surface area (Å²) in [5.41, 5.74) is -4.37. The zero-order valence-corrected chi connectivity index (χ0v) is 19.8. The van der Waals surface area contributed by atoms with Gasteiger partial charge in [0.2, 0.25) is 11.5 Å². The van der Waals surface area contributed by atoms with Gasteiger partial charge in [-0.05, 0) is 18.8 Å². The highest BCUT2D eigenvalue weighted by molar-refractivity contribution is 7.86. The Hall–Kier alpha value is -1.92. The van der Waals surface area contributed by atoms with Crippen molar-refractivity contribution in [3.05, 3.63) is 0 Å². The molecule has 0 aromatic rings. The Bertz CT molecular complexity index is 719. The predicted molar refractivity (Wildman–Crippen MR) is 111 cm³/mol. The number of hydrogen-bond donors (Lipinski definition) is 3. The van der Waals surface area contributed by atoms with E-state index in [2.05, 4.69) is 5.32 Å². The standard InChI is InChI=1S/C19H35NO10S/c1-7-10-28-17(24)30-15(13(2)3)19(25,16(22)23)18(5,6)12-29-31(26,27)11-8-9-20-14(4)21/h13,15,25H,7-12H2,1-6H3,(H,20,21)(H,22,23)/t15?,19-/m1/s1. The van der Waals surface area contributed by atoms with E-state index in [1.54, 1.807) is 20.8 Å². The average Bonchev–Trinajstić information content (AvgIpc) is 2.65. The minimum Gasteiger partial charge on any atom is -0.479 e. The van der Waals surface area contributed by atoms with Gasteiger partial charge in [-0.2, -0.15) is 8.42 Å². The normalized spacial score (nSPS) is 15.1. The Balaban J connectivity index is 5.49. The highest BCUT2D eigenvalue weighted by atomic mass is 32.2. The van der Waals surface area contributed by atoms with Crippen LogP contribution in [0.15, 0.2) is 0 Å². The van der Waals surface area contributed by atoms with Crippen LogP contribution in [0.2, 0.25) is 0 Å². The van der Waals surface area contributed by atoms with Gasteiger partial charge in [-0.25, -0.2) is 9.59 Å². The first-order valence-corrected chi connectivity index (χ1v) is 11.6. The number of carboxylic acids is 1. The molecule has 0 aliphatic heterocycles. The molecule has 0 spiro atoms. The van der Waals surface area contributed by atoms with E-state index >= 15 is 0 Å². The number of aliphatic carboxylic acids is 1. The Morgan fingerprint density at radius 3 is 2.19 bits per heavy atom. The molecule has 182 valence electrons. The fourth-order valence-electron chi connectivity index (χ4n) is 2.74. The second-order valence-electron chi connectivity index (χ2n) is 8.20. The molecule has 0 bridgehead atoms. The van der Waals surface area contributed by atoms with Crippen LogP contribution in [0.3, 0.4) is 0 Å². The molecular formula is C19H35NO10S. The van der Waals surface area contributed by atoms with Crippen LogP contribution >= 0.6 is 0 Å². The van der Waals surface area contributed by atoms with Crippen molar-refractivity contribution in [1.29, 1.82) is 0 Å². The van der Waals surface area contributed by atoms with Crippen molar-refractivity contribution < 1.29 is 46.7 Å². The number of nitrogens with one attached hydrogen (secondary N) is 1. The first-order valence-electron chi connectivity index (χ1n) is 10.0. The number of carboxylic acid groups (broad SMARTS) is 1. The molecule has 11 nitrogen and oxygen atoms in total. The summed E-state index contributed by atoms with van der Waals surface area (Å²) in [7, 11) is -4.07. The molecule has 0 saturated carbocycles. The summed E-state index contributed by atoms with van der Waals surface area (Å²) in [5, 5.41) is 23.4. The molecule has 0 aliphatic rings. The van der Waals surface area contributed by atoms with Crippen molar-refractivity contribution in [2.75, 3.05) is 25.5 Å². The second kappa shape index (κ2) is 12.2. The highest BCUT2D eigenvalue weighted by Gasteiger charge is 2.59. The Kier molecular flexibility index (Phi) is 11.4. The molecule has 0 aromatic carbocycles. The lowest BCUT2D eigenvalue weighted by atomic mass is 9.69. The van der Waals surface area contributed by atoms with E-state index < -0.39 is 57.6 Å². The Labute approximate surface area is 183 Å². The molecule has 3 N–H and O–H groups in total. The quantitative estimate of drug-likeness (QED) is 0.192. The number of carbonyl (C=O) groups excluding carboxylic acids is 2. The molecule has 0 aliphatic carbocycles. The lowest BCUT2D eigenvalue weighted by Crippen LogP contribution is -2.63.